The largest absolute Gasteiger partial charge is 0.352 e. The highest BCUT2D eigenvalue weighted by atomic mass is 15.2. The predicted molar refractivity (Wildman–Crippen MR) is 71.2 cm³/mol. The molecule has 17 heavy (non-hydrogen) atoms. The number of aromatic nitrogens is 1. The van der Waals surface area contributed by atoms with E-state index < -0.39 is 0 Å². The lowest BCUT2D eigenvalue weighted by molar-refractivity contribution is 0.775. The fourth-order valence-electron chi connectivity index (χ4n) is 2.32. The molecule has 1 saturated carbocycles. The summed E-state index contributed by atoms with van der Waals surface area (Å²) >= 11 is 0. The van der Waals surface area contributed by atoms with E-state index in [2.05, 4.69) is 40.2 Å². The predicted octanol–water partition coefficient (Wildman–Crippen LogP) is 2.16. The van der Waals surface area contributed by atoms with Gasteiger partial charge in [0.1, 0.15) is 5.82 Å². The van der Waals surface area contributed by atoms with Crippen molar-refractivity contribution >= 4 is 16.6 Å². The average molecular weight is 227 g/mol. The molecule has 0 bridgehead atoms. The molecule has 0 radical (unpaired) electrons. The van der Waals surface area contributed by atoms with Gasteiger partial charge in [0, 0.05) is 30.7 Å². The summed E-state index contributed by atoms with van der Waals surface area (Å²) in [6, 6.07) is 11.1. The Bertz CT molecular complexity index is 514. The Labute approximate surface area is 101 Å². The van der Waals surface area contributed by atoms with Crippen molar-refractivity contribution in [2.24, 2.45) is 5.73 Å². The highest BCUT2D eigenvalue weighted by Crippen LogP contribution is 2.33. The second-order valence-corrected chi connectivity index (χ2v) is 4.57. The molecule has 2 aromatic rings. The maximum Gasteiger partial charge on any atom is 0.136 e. The van der Waals surface area contributed by atoms with Crippen molar-refractivity contribution in [3.05, 3.63) is 36.5 Å². The normalized spacial score (nSPS) is 15.1. The van der Waals surface area contributed by atoms with Gasteiger partial charge in [-0.3, -0.25) is 0 Å². The van der Waals surface area contributed by atoms with E-state index >= 15 is 0 Å². The summed E-state index contributed by atoms with van der Waals surface area (Å²) in [5, 5.41) is 2.48. The molecular formula is C14H17N3. The van der Waals surface area contributed by atoms with Crippen LogP contribution in [0.1, 0.15) is 12.8 Å². The Morgan fingerprint density at radius 1 is 1.24 bits per heavy atom. The zero-order chi connectivity index (χ0) is 11.7. The maximum absolute atomic E-state index is 5.71. The fraction of sp³-hybridized carbons (Fsp3) is 0.357. The molecule has 1 aliphatic rings. The molecule has 0 spiro atoms. The zero-order valence-electron chi connectivity index (χ0n) is 9.84. The molecule has 0 saturated heterocycles. The molecule has 1 aromatic carbocycles. The number of pyridine rings is 1. The van der Waals surface area contributed by atoms with Crippen molar-refractivity contribution in [2.45, 2.75) is 18.9 Å². The van der Waals surface area contributed by atoms with Crippen molar-refractivity contribution in [1.29, 1.82) is 0 Å². The first-order chi connectivity index (χ1) is 8.40. The molecule has 1 fully saturated rings. The van der Waals surface area contributed by atoms with Gasteiger partial charge in [0.25, 0.3) is 0 Å². The van der Waals surface area contributed by atoms with Crippen molar-refractivity contribution < 1.29 is 0 Å². The van der Waals surface area contributed by atoms with E-state index in [4.69, 9.17) is 5.73 Å². The molecule has 88 valence electrons. The van der Waals surface area contributed by atoms with Crippen LogP contribution in [0.5, 0.6) is 0 Å². The first-order valence-electron chi connectivity index (χ1n) is 6.20. The number of fused-ring (bicyclic) bond motifs is 1. The summed E-state index contributed by atoms with van der Waals surface area (Å²) in [4.78, 5) is 6.92. The van der Waals surface area contributed by atoms with Crippen LogP contribution < -0.4 is 10.6 Å². The molecule has 1 aromatic heterocycles. The van der Waals surface area contributed by atoms with Crippen LogP contribution in [0, 0.1) is 0 Å². The third kappa shape index (κ3) is 1.98. The second kappa shape index (κ2) is 4.34. The van der Waals surface area contributed by atoms with Crippen LogP contribution in [0.4, 0.5) is 5.82 Å². The van der Waals surface area contributed by atoms with Crippen LogP contribution in [-0.2, 0) is 0 Å². The Kier molecular flexibility index (Phi) is 2.69. The maximum atomic E-state index is 5.71. The number of hydrogen-bond donors (Lipinski definition) is 1. The molecule has 3 heteroatoms. The molecule has 1 aliphatic carbocycles. The van der Waals surface area contributed by atoms with Gasteiger partial charge >= 0.3 is 0 Å². The van der Waals surface area contributed by atoms with Crippen molar-refractivity contribution in [3.8, 4) is 0 Å². The number of rotatable bonds is 4. The number of nitrogens with zero attached hydrogens (tertiary/aromatic N) is 2. The van der Waals surface area contributed by atoms with E-state index in [1.807, 2.05) is 6.20 Å². The van der Waals surface area contributed by atoms with Gasteiger partial charge in [0.05, 0.1) is 0 Å². The summed E-state index contributed by atoms with van der Waals surface area (Å²) in [5.74, 6) is 1.09. The van der Waals surface area contributed by atoms with Crippen LogP contribution in [0.3, 0.4) is 0 Å². The highest BCUT2D eigenvalue weighted by molar-refractivity contribution is 5.92. The number of anilines is 1. The van der Waals surface area contributed by atoms with Crippen LogP contribution in [0.2, 0.25) is 0 Å². The number of nitrogens with two attached hydrogens (primary N) is 1. The van der Waals surface area contributed by atoms with Crippen LogP contribution in [-0.4, -0.2) is 24.1 Å². The van der Waals surface area contributed by atoms with Gasteiger partial charge in [-0.2, -0.15) is 0 Å². The Morgan fingerprint density at radius 3 is 2.82 bits per heavy atom. The lowest BCUT2D eigenvalue weighted by atomic mass is 10.1. The molecule has 2 N–H and O–H groups in total. The minimum atomic E-state index is 0.650. The Hall–Kier alpha value is -1.61. The Balaban J connectivity index is 2.08. The van der Waals surface area contributed by atoms with E-state index in [1.165, 1.54) is 23.6 Å². The van der Waals surface area contributed by atoms with Gasteiger partial charge in [-0.25, -0.2) is 4.98 Å². The minimum absolute atomic E-state index is 0.650. The van der Waals surface area contributed by atoms with Crippen molar-refractivity contribution in [2.75, 3.05) is 18.0 Å². The second-order valence-electron chi connectivity index (χ2n) is 4.57. The van der Waals surface area contributed by atoms with Crippen LogP contribution in [0.25, 0.3) is 10.8 Å². The SMILES string of the molecule is NCCN(c1nccc2ccccc12)C1CC1. The van der Waals surface area contributed by atoms with Gasteiger partial charge in [0.2, 0.25) is 0 Å². The van der Waals surface area contributed by atoms with Gasteiger partial charge in [-0.1, -0.05) is 24.3 Å². The van der Waals surface area contributed by atoms with E-state index in [-0.39, 0.29) is 0 Å². The minimum Gasteiger partial charge on any atom is -0.352 e. The molecule has 0 atom stereocenters. The summed E-state index contributed by atoms with van der Waals surface area (Å²) in [7, 11) is 0. The summed E-state index contributed by atoms with van der Waals surface area (Å²) in [6.07, 6.45) is 4.43. The molecule has 3 rings (SSSR count). The van der Waals surface area contributed by atoms with E-state index in [0.717, 1.165) is 12.4 Å². The lowest BCUT2D eigenvalue weighted by Gasteiger charge is -2.24. The smallest absolute Gasteiger partial charge is 0.136 e. The summed E-state index contributed by atoms with van der Waals surface area (Å²) in [5.41, 5.74) is 5.71. The van der Waals surface area contributed by atoms with Crippen molar-refractivity contribution in [1.82, 2.24) is 4.98 Å². The van der Waals surface area contributed by atoms with Gasteiger partial charge in [-0.05, 0) is 24.3 Å². The monoisotopic (exact) mass is 227 g/mol. The molecule has 0 amide bonds. The van der Waals surface area contributed by atoms with Crippen LogP contribution >= 0.6 is 0 Å². The van der Waals surface area contributed by atoms with Gasteiger partial charge in [-0.15, -0.1) is 0 Å². The van der Waals surface area contributed by atoms with Crippen LogP contribution in [0.15, 0.2) is 36.5 Å². The van der Waals surface area contributed by atoms with E-state index in [0.29, 0.717) is 12.6 Å². The van der Waals surface area contributed by atoms with Gasteiger partial charge < -0.3 is 10.6 Å². The third-order valence-corrected chi connectivity index (χ3v) is 3.28. The lowest BCUT2D eigenvalue weighted by Crippen LogP contribution is -2.32. The quantitative estimate of drug-likeness (QED) is 0.870. The number of hydrogen-bond acceptors (Lipinski definition) is 3. The topological polar surface area (TPSA) is 42.1 Å². The molecule has 3 nitrogen and oxygen atoms in total. The van der Waals surface area contributed by atoms with E-state index in [9.17, 15) is 0 Å². The summed E-state index contributed by atoms with van der Waals surface area (Å²) in [6.45, 7) is 1.58. The third-order valence-electron chi connectivity index (χ3n) is 3.28. The van der Waals surface area contributed by atoms with Gasteiger partial charge in [0.15, 0.2) is 0 Å². The standard InChI is InChI=1S/C14H17N3/c15-8-10-17(12-5-6-12)14-13-4-2-1-3-11(13)7-9-16-14/h1-4,7,9,12H,5-6,8,10,15H2. The molecule has 1 heterocycles. The Morgan fingerprint density at radius 2 is 2.06 bits per heavy atom. The fourth-order valence-corrected chi connectivity index (χ4v) is 2.32. The molecular weight excluding hydrogens is 210 g/mol. The molecule has 0 aliphatic heterocycles. The first kappa shape index (κ1) is 10.5. The summed E-state index contributed by atoms with van der Waals surface area (Å²) < 4.78 is 0. The first-order valence-corrected chi connectivity index (χ1v) is 6.20. The average Bonchev–Trinajstić information content (AvgIpc) is 3.20. The number of benzene rings is 1. The van der Waals surface area contributed by atoms with E-state index in [1.54, 1.807) is 0 Å². The molecule has 0 unspecified atom stereocenters. The zero-order valence-corrected chi connectivity index (χ0v) is 9.84. The van der Waals surface area contributed by atoms with Crippen molar-refractivity contribution in [3.63, 3.8) is 0 Å². The highest BCUT2D eigenvalue weighted by Gasteiger charge is 2.30.